The van der Waals surface area contributed by atoms with Gasteiger partial charge >= 0.3 is 0 Å². The third kappa shape index (κ3) is 4.45. The van der Waals surface area contributed by atoms with Gasteiger partial charge in [-0.2, -0.15) is 4.31 Å². The zero-order chi connectivity index (χ0) is 19.7. The van der Waals surface area contributed by atoms with Crippen molar-refractivity contribution in [3.05, 3.63) is 29.8 Å². The van der Waals surface area contributed by atoms with Gasteiger partial charge in [0.25, 0.3) is 0 Å². The number of nitrogens with zero attached hydrogens (tertiary/aromatic N) is 3. The van der Waals surface area contributed by atoms with Crippen LogP contribution in [0.4, 0.5) is 0 Å². The van der Waals surface area contributed by atoms with Crippen LogP contribution in [0.5, 0.6) is 0 Å². The molecule has 0 N–H and O–H groups in total. The highest BCUT2D eigenvalue weighted by Gasteiger charge is 2.32. The first-order chi connectivity index (χ1) is 11.9. The first-order valence-corrected chi connectivity index (χ1v) is 10.4. The second-order valence-corrected chi connectivity index (χ2v) is 10.1. The fourth-order valence-corrected chi connectivity index (χ4v) is 4.56. The van der Waals surface area contributed by atoms with Crippen molar-refractivity contribution in [3.8, 4) is 0 Å². The van der Waals surface area contributed by atoms with Crippen LogP contribution >= 0.6 is 0 Å². The maximum absolute atomic E-state index is 12.9. The van der Waals surface area contributed by atoms with E-state index in [-0.39, 0.29) is 17.4 Å². The number of amides is 1. The molecule has 1 aliphatic heterocycles. The molecule has 26 heavy (non-hydrogen) atoms. The van der Waals surface area contributed by atoms with E-state index >= 15 is 0 Å². The number of hydrogen-bond donors (Lipinski definition) is 0. The van der Waals surface area contributed by atoms with Crippen molar-refractivity contribution < 1.29 is 13.2 Å². The molecule has 1 aromatic rings. The molecule has 0 spiro atoms. The fraction of sp³-hybridized carbons (Fsp3) is 0.632. The minimum atomic E-state index is -3.50. The van der Waals surface area contributed by atoms with E-state index in [1.807, 2.05) is 24.0 Å². The van der Waals surface area contributed by atoms with Gasteiger partial charge in [-0.15, -0.1) is 0 Å². The third-order valence-electron chi connectivity index (χ3n) is 4.98. The predicted molar refractivity (Wildman–Crippen MR) is 104 cm³/mol. The van der Waals surface area contributed by atoms with Crippen LogP contribution in [-0.2, 0) is 20.2 Å². The van der Waals surface area contributed by atoms with Gasteiger partial charge in [0.2, 0.25) is 15.9 Å². The molecule has 1 heterocycles. The maximum Gasteiger partial charge on any atom is 0.243 e. The van der Waals surface area contributed by atoms with Crippen LogP contribution in [0.15, 0.2) is 29.2 Å². The average molecular weight is 382 g/mol. The molecule has 0 radical (unpaired) electrons. The molecule has 1 fully saturated rings. The summed E-state index contributed by atoms with van der Waals surface area (Å²) in [4.78, 5) is 16.0. The van der Waals surface area contributed by atoms with E-state index in [0.717, 1.165) is 5.56 Å². The minimum Gasteiger partial charge on any atom is -0.347 e. The van der Waals surface area contributed by atoms with Gasteiger partial charge in [0.1, 0.15) is 0 Å². The molecule has 0 unspecified atom stereocenters. The molecule has 0 saturated carbocycles. The molecular formula is C19H31N3O3S. The minimum absolute atomic E-state index is 0.0109. The molecule has 146 valence electrons. The first-order valence-electron chi connectivity index (χ1n) is 9.00. The normalized spacial score (nSPS) is 18.5. The van der Waals surface area contributed by atoms with Crippen LogP contribution in [0, 0.1) is 0 Å². The van der Waals surface area contributed by atoms with Gasteiger partial charge in [-0.1, -0.05) is 32.9 Å². The lowest BCUT2D eigenvalue weighted by molar-refractivity contribution is -0.134. The number of benzene rings is 1. The Morgan fingerprint density at radius 1 is 1.04 bits per heavy atom. The van der Waals surface area contributed by atoms with E-state index in [2.05, 4.69) is 20.8 Å². The van der Waals surface area contributed by atoms with Crippen LogP contribution in [0.1, 0.15) is 33.3 Å². The fourth-order valence-electron chi connectivity index (χ4n) is 3.14. The van der Waals surface area contributed by atoms with Crippen LogP contribution in [0.2, 0.25) is 0 Å². The lowest BCUT2D eigenvalue weighted by Crippen LogP contribution is -2.54. The van der Waals surface area contributed by atoms with Crippen molar-refractivity contribution in [1.29, 1.82) is 0 Å². The summed E-state index contributed by atoms with van der Waals surface area (Å²) in [5, 5.41) is 0. The Morgan fingerprint density at radius 2 is 1.54 bits per heavy atom. The van der Waals surface area contributed by atoms with Crippen LogP contribution in [-0.4, -0.2) is 74.7 Å². The summed E-state index contributed by atoms with van der Waals surface area (Å²) < 4.78 is 27.3. The number of hydrogen-bond acceptors (Lipinski definition) is 4. The van der Waals surface area contributed by atoms with Gasteiger partial charge in [0.15, 0.2) is 0 Å². The summed E-state index contributed by atoms with van der Waals surface area (Å²) in [5.41, 5.74) is 1.10. The van der Waals surface area contributed by atoms with Crippen LogP contribution in [0.3, 0.4) is 0 Å². The molecule has 0 aromatic heterocycles. The van der Waals surface area contributed by atoms with E-state index in [4.69, 9.17) is 0 Å². The molecule has 7 heteroatoms. The quantitative estimate of drug-likeness (QED) is 0.797. The molecule has 1 amide bonds. The van der Waals surface area contributed by atoms with E-state index < -0.39 is 10.0 Å². The third-order valence-corrected chi connectivity index (χ3v) is 6.89. The van der Waals surface area contributed by atoms with E-state index in [9.17, 15) is 13.2 Å². The second kappa shape index (κ2) is 7.66. The lowest BCUT2D eigenvalue weighted by atomic mass is 9.87. The smallest absolute Gasteiger partial charge is 0.243 e. The Labute approximate surface area is 157 Å². The molecule has 1 aliphatic rings. The largest absolute Gasteiger partial charge is 0.347 e. The Morgan fingerprint density at radius 3 is 1.96 bits per heavy atom. The number of carbonyl (C=O) groups is 1. The highest BCUT2D eigenvalue weighted by molar-refractivity contribution is 7.89. The Hall–Kier alpha value is -1.44. The van der Waals surface area contributed by atoms with Crippen molar-refractivity contribution in [2.45, 2.75) is 44.0 Å². The molecule has 1 atom stereocenters. The second-order valence-electron chi connectivity index (χ2n) is 8.12. The first kappa shape index (κ1) is 20.9. The summed E-state index contributed by atoms with van der Waals surface area (Å²) in [6.07, 6.45) is 0. The topological polar surface area (TPSA) is 60.9 Å². The number of carbonyl (C=O) groups excluding carboxylic acids is 1. The highest BCUT2D eigenvalue weighted by Crippen LogP contribution is 2.25. The summed E-state index contributed by atoms with van der Waals surface area (Å²) >= 11 is 0. The van der Waals surface area contributed by atoms with E-state index in [1.54, 1.807) is 31.1 Å². The number of rotatable bonds is 4. The predicted octanol–water partition coefficient (Wildman–Crippen LogP) is 1.77. The molecule has 1 aromatic carbocycles. The van der Waals surface area contributed by atoms with Crippen LogP contribution in [0.25, 0.3) is 0 Å². The van der Waals surface area contributed by atoms with Crippen molar-refractivity contribution in [1.82, 2.24) is 14.1 Å². The van der Waals surface area contributed by atoms with Crippen molar-refractivity contribution >= 4 is 15.9 Å². The SMILES string of the molecule is C[C@H](C(=O)N(C)C)N1CCN(S(=O)(=O)c2ccc(C(C)(C)C)cc2)CC1. The Bertz CT molecular complexity index is 728. The van der Waals surface area contributed by atoms with Crippen molar-refractivity contribution in [3.63, 3.8) is 0 Å². The van der Waals surface area contributed by atoms with Gasteiger partial charge in [0.05, 0.1) is 10.9 Å². The summed E-state index contributed by atoms with van der Waals surface area (Å²) in [5.74, 6) is 0.0408. The summed E-state index contributed by atoms with van der Waals surface area (Å²) in [6, 6.07) is 6.93. The standard InChI is InChI=1S/C19H31N3O3S/c1-15(18(23)20(5)6)21-11-13-22(14-12-21)26(24,25)17-9-7-16(8-10-17)19(2,3)4/h7-10,15H,11-14H2,1-6H3/t15-/m1/s1. The molecule has 6 nitrogen and oxygen atoms in total. The number of piperazine rings is 1. The number of sulfonamides is 1. The van der Waals surface area contributed by atoms with Gasteiger partial charge in [-0.25, -0.2) is 8.42 Å². The van der Waals surface area contributed by atoms with Crippen LogP contribution < -0.4 is 0 Å². The summed E-state index contributed by atoms with van der Waals surface area (Å²) in [6.45, 7) is 10.1. The van der Waals surface area contributed by atoms with E-state index in [0.29, 0.717) is 31.1 Å². The Kier molecular flexibility index (Phi) is 6.15. The molecule has 0 aliphatic carbocycles. The average Bonchev–Trinajstić information content (AvgIpc) is 2.59. The van der Waals surface area contributed by atoms with Crippen molar-refractivity contribution in [2.75, 3.05) is 40.3 Å². The lowest BCUT2D eigenvalue weighted by Gasteiger charge is -2.37. The summed E-state index contributed by atoms with van der Waals surface area (Å²) in [7, 11) is -0.0249. The number of likely N-dealkylation sites (N-methyl/N-ethyl adjacent to an activating group) is 1. The van der Waals surface area contributed by atoms with Gasteiger partial charge in [-0.05, 0) is 30.0 Å². The van der Waals surface area contributed by atoms with Gasteiger partial charge in [0, 0.05) is 40.3 Å². The molecular weight excluding hydrogens is 350 g/mol. The zero-order valence-electron chi connectivity index (χ0n) is 16.7. The molecule has 2 rings (SSSR count). The van der Waals surface area contributed by atoms with E-state index in [1.165, 1.54) is 4.31 Å². The van der Waals surface area contributed by atoms with Gasteiger partial charge in [-0.3, -0.25) is 9.69 Å². The van der Waals surface area contributed by atoms with Crippen molar-refractivity contribution in [2.24, 2.45) is 0 Å². The molecule has 1 saturated heterocycles. The maximum atomic E-state index is 12.9. The highest BCUT2D eigenvalue weighted by atomic mass is 32.2. The molecule has 0 bridgehead atoms. The van der Waals surface area contributed by atoms with Gasteiger partial charge < -0.3 is 4.90 Å². The zero-order valence-corrected chi connectivity index (χ0v) is 17.5. The monoisotopic (exact) mass is 381 g/mol. The Balaban J connectivity index is 2.07.